The monoisotopic (exact) mass is 297 g/mol. The van der Waals surface area contributed by atoms with Crippen molar-refractivity contribution in [3.05, 3.63) is 64.2 Å². The van der Waals surface area contributed by atoms with E-state index < -0.39 is 17.7 Å². The maximum absolute atomic E-state index is 13.7. The number of hydrogen-bond acceptors (Lipinski definition) is 2. The number of halogens is 3. The van der Waals surface area contributed by atoms with Crippen molar-refractivity contribution in [2.24, 2.45) is 5.73 Å². The topological polar surface area (TPSA) is 35.2 Å². The summed E-state index contributed by atoms with van der Waals surface area (Å²) in [7, 11) is 0. The summed E-state index contributed by atoms with van der Waals surface area (Å²) in [5.74, 6) is -0.569. The Morgan fingerprint density at radius 3 is 2.50 bits per heavy atom. The Morgan fingerprint density at radius 1 is 1.15 bits per heavy atom. The lowest BCUT2D eigenvalue weighted by atomic mass is 10.1. The van der Waals surface area contributed by atoms with Gasteiger partial charge in [-0.15, -0.1) is 0 Å². The first kappa shape index (κ1) is 14.8. The summed E-state index contributed by atoms with van der Waals surface area (Å²) in [6.07, 6.45) is 0. The van der Waals surface area contributed by atoms with Crippen molar-refractivity contribution >= 4 is 11.6 Å². The van der Waals surface area contributed by atoms with Crippen LogP contribution >= 0.6 is 11.6 Å². The number of hydrogen-bond donors (Lipinski definition) is 1. The van der Waals surface area contributed by atoms with Gasteiger partial charge in [-0.1, -0.05) is 23.7 Å². The first-order valence-corrected chi connectivity index (χ1v) is 6.47. The van der Waals surface area contributed by atoms with Gasteiger partial charge < -0.3 is 10.5 Å². The molecule has 0 bridgehead atoms. The minimum atomic E-state index is -0.454. The zero-order valence-corrected chi connectivity index (χ0v) is 11.6. The van der Waals surface area contributed by atoms with Crippen LogP contribution in [0, 0.1) is 11.6 Å². The molecule has 2 aromatic carbocycles. The average molecular weight is 298 g/mol. The second-order valence-electron chi connectivity index (χ2n) is 4.50. The van der Waals surface area contributed by atoms with E-state index in [9.17, 15) is 8.78 Å². The Bertz CT molecular complexity index is 617. The van der Waals surface area contributed by atoms with Crippen LogP contribution in [0.3, 0.4) is 0 Å². The molecule has 106 valence electrons. The molecule has 0 heterocycles. The van der Waals surface area contributed by atoms with Gasteiger partial charge in [0.05, 0.1) is 0 Å². The van der Waals surface area contributed by atoms with E-state index in [4.69, 9.17) is 22.1 Å². The van der Waals surface area contributed by atoms with Crippen LogP contribution in [0.5, 0.6) is 5.75 Å². The van der Waals surface area contributed by atoms with Gasteiger partial charge in [0.25, 0.3) is 0 Å². The Balaban J connectivity index is 2.09. The summed E-state index contributed by atoms with van der Waals surface area (Å²) < 4.78 is 32.6. The molecule has 0 aliphatic rings. The Hall–Kier alpha value is -1.65. The molecule has 0 aliphatic carbocycles. The quantitative estimate of drug-likeness (QED) is 0.917. The van der Waals surface area contributed by atoms with E-state index in [0.29, 0.717) is 21.9 Å². The molecular formula is C15H14ClF2NO. The van der Waals surface area contributed by atoms with Crippen LogP contribution in [0.15, 0.2) is 36.4 Å². The molecule has 2 nitrogen and oxygen atoms in total. The average Bonchev–Trinajstić information content (AvgIpc) is 2.37. The Kier molecular flexibility index (Phi) is 4.57. The van der Waals surface area contributed by atoms with Gasteiger partial charge >= 0.3 is 0 Å². The van der Waals surface area contributed by atoms with Crippen LogP contribution in [-0.4, -0.2) is 0 Å². The molecule has 20 heavy (non-hydrogen) atoms. The highest BCUT2D eigenvalue weighted by Gasteiger charge is 2.09. The van der Waals surface area contributed by atoms with E-state index in [1.165, 1.54) is 18.2 Å². The van der Waals surface area contributed by atoms with E-state index >= 15 is 0 Å². The zero-order valence-electron chi connectivity index (χ0n) is 10.9. The van der Waals surface area contributed by atoms with Crippen molar-refractivity contribution in [2.45, 2.75) is 19.6 Å². The lowest BCUT2D eigenvalue weighted by Crippen LogP contribution is -2.07. The van der Waals surface area contributed by atoms with Crippen LogP contribution in [0.4, 0.5) is 8.78 Å². The minimum absolute atomic E-state index is 0.0000323. The number of nitrogens with two attached hydrogens (primary N) is 1. The summed E-state index contributed by atoms with van der Waals surface area (Å²) >= 11 is 5.66. The highest BCUT2D eigenvalue weighted by molar-refractivity contribution is 6.30. The highest BCUT2D eigenvalue weighted by atomic mass is 35.5. The number of rotatable bonds is 4. The molecular weight excluding hydrogens is 284 g/mol. The normalized spacial score (nSPS) is 12.2. The second-order valence-corrected chi connectivity index (χ2v) is 4.93. The lowest BCUT2D eigenvalue weighted by molar-refractivity contribution is 0.298. The predicted molar refractivity (Wildman–Crippen MR) is 74.7 cm³/mol. The Morgan fingerprint density at radius 2 is 1.90 bits per heavy atom. The molecule has 0 radical (unpaired) electrons. The van der Waals surface area contributed by atoms with Crippen molar-refractivity contribution in [2.75, 3.05) is 0 Å². The minimum Gasteiger partial charge on any atom is -0.489 e. The van der Waals surface area contributed by atoms with Crippen LogP contribution in [0.25, 0.3) is 0 Å². The van der Waals surface area contributed by atoms with Crippen molar-refractivity contribution in [3.63, 3.8) is 0 Å². The lowest BCUT2D eigenvalue weighted by Gasteiger charge is -2.11. The van der Waals surface area contributed by atoms with E-state index in [1.54, 1.807) is 25.1 Å². The maximum Gasteiger partial charge on any atom is 0.131 e. The van der Waals surface area contributed by atoms with Gasteiger partial charge in [0.1, 0.15) is 24.0 Å². The summed E-state index contributed by atoms with van der Waals surface area (Å²) in [5, 5.41) is 0.318. The van der Waals surface area contributed by atoms with Crippen molar-refractivity contribution in [1.29, 1.82) is 0 Å². The number of ether oxygens (including phenoxy) is 1. The van der Waals surface area contributed by atoms with E-state index in [-0.39, 0.29) is 6.61 Å². The maximum atomic E-state index is 13.7. The molecule has 2 aromatic rings. The Labute approximate surface area is 121 Å². The van der Waals surface area contributed by atoms with Gasteiger partial charge in [0.2, 0.25) is 0 Å². The molecule has 0 saturated carbocycles. The van der Waals surface area contributed by atoms with Gasteiger partial charge in [0.15, 0.2) is 0 Å². The fourth-order valence-electron chi connectivity index (χ4n) is 1.77. The standard InChI is InChI=1S/C15H14ClF2NO/c1-9(19)13-5-4-12(7-15(13)18)20-8-10-2-3-11(16)6-14(10)17/h2-7,9H,8,19H2,1H3/t9-/m1/s1. The third-order valence-corrected chi connectivity index (χ3v) is 3.11. The first-order valence-electron chi connectivity index (χ1n) is 6.09. The molecule has 2 rings (SSSR count). The first-order chi connectivity index (χ1) is 9.47. The van der Waals surface area contributed by atoms with E-state index in [1.807, 2.05) is 0 Å². The molecule has 0 amide bonds. The summed E-state index contributed by atoms with van der Waals surface area (Å²) in [4.78, 5) is 0. The number of benzene rings is 2. The zero-order chi connectivity index (χ0) is 14.7. The van der Waals surface area contributed by atoms with Crippen molar-refractivity contribution in [1.82, 2.24) is 0 Å². The van der Waals surface area contributed by atoms with Crippen LogP contribution < -0.4 is 10.5 Å². The molecule has 5 heteroatoms. The van der Waals surface area contributed by atoms with E-state index in [0.717, 1.165) is 0 Å². The fraction of sp³-hybridized carbons (Fsp3) is 0.200. The van der Waals surface area contributed by atoms with Gasteiger partial charge in [0, 0.05) is 28.3 Å². The predicted octanol–water partition coefficient (Wildman–Crippen LogP) is 4.22. The van der Waals surface area contributed by atoms with Gasteiger partial charge in [-0.3, -0.25) is 0 Å². The SMILES string of the molecule is C[C@@H](N)c1ccc(OCc2ccc(Cl)cc2F)cc1F. The molecule has 0 fully saturated rings. The molecule has 0 aliphatic heterocycles. The molecule has 0 spiro atoms. The van der Waals surface area contributed by atoms with Crippen molar-refractivity contribution < 1.29 is 13.5 Å². The van der Waals surface area contributed by atoms with Gasteiger partial charge in [-0.05, 0) is 25.1 Å². The molecule has 0 unspecified atom stereocenters. The summed E-state index contributed by atoms with van der Waals surface area (Å²) in [5.41, 5.74) is 6.39. The van der Waals surface area contributed by atoms with Crippen LogP contribution in [-0.2, 0) is 6.61 Å². The van der Waals surface area contributed by atoms with Crippen LogP contribution in [0.2, 0.25) is 5.02 Å². The van der Waals surface area contributed by atoms with E-state index in [2.05, 4.69) is 0 Å². The van der Waals surface area contributed by atoms with Crippen molar-refractivity contribution in [3.8, 4) is 5.75 Å². The third-order valence-electron chi connectivity index (χ3n) is 2.87. The molecule has 0 saturated heterocycles. The third kappa shape index (κ3) is 3.46. The largest absolute Gasteiger partial charge is 0.489 e. The molecule has 2 N–H and O–H groups in total. The molecule has 1 atom stereocenters. The second kappa shape index (κ2) is 6.20. The fourth-order valence-corrected chi connectivity index (χ4v) is 1.93. The summed E-state index contributed by atoms with van der Waals surface area (Å²) in [6.45, 7) is 1.70. The van der Waals surface area contributed by atoms with Gasteiger partial charge in [-0.2, -0.15) is 0 Å². The van der Waals surface area contributed by atoms with Crippen LogP contribution in [0.1, 0.15) is 24.1 Å². The smallest absolute Gasteiger partial charge is 0.131 e. The molecule has 0 aromatic heterocycles. The highest BCUT2D eigenvalue weighted by Crippen LogP contribution is 2.22. The van der Waals surface area contributed by atoms with Gasteiger partial charge in [-0.25, -0.2) is 8.78 Å². The summed E-state index contributed by atoms with van der Waals surface area (Å²) in [6, 6.07) is 8.33.